The van der Waals surface area contributed by atoms with Gasteiger partial charge in [0.05, 0.1) is 0 Å². The number of hydrogen-bond donors (Lipinski definition) is 1. The zero-order valence-corrected chi connectivity index (χ0v) is 15.0. The quantitative estimate of drug-likeness (QED) is 0.774. The van der Waals surface area contributed by atoms with Gasteiger partial charge in [-0.15, -0.1) is 0 Å². The summed E-state index contributed by atoms with van der Waals surface area (Å²) < 4.78 is 0. The Hall–Kier alpha value is -0.860. The van der Waals surface area contributed by atoms with Gasteiger partial charge in [-0.25, -0.2) is 0 Å². The minimum Gasteiger partial charge on any atom is -0.309 e. The van der Waals surface area contributed by atoms with E-state index in [1.165, 1.54) is 11.1 Å². The lowest BCUT2D eigenvalue weighted by molar-refractivity contribution is 0.220. The first kappa shape index (κ1) is 18.2. The minimum atomic E-state index is 0.402. The van der Waals surface area contributed by atoms with Crippen LogP contribution >= 0.6 is 0 Å². The molecule has 0 amide bonds. The molecule has 1 rings (SSSR count). The topological polar surface area (TPSA) is 15.3 Å². The molecule has 0 radical (unpaired) electrons. The van der Waals surface area contributed by atoms with Gasteiger partial charge in [0.25, 0.3) is 0 Å². The smallest absolute Gasteiger partial charge is 0.0292 e. The van der Waals surface area contributed by atoms with E-state index >= 15 is 0 Å². The van der Waals surface area contributed by atoms with Gasteiger partial charge in [-0.3, -0.25) is 0 Å². The summed E-state index contributed by atoms with van der Waals surface area (Å²) in [4.78, 5) is 2.32. The van der Waals surface area contributed by atoms with E-state index in [-0.39, 0.29) is 0 Å². The van der Waals surface area contributed by atoms with Crippen molar-refractivity contribution in [1.29, 1.82) is 0 Å². The zero-order valence-electron chi connectivity index (χ0n) is 15.0. The lowest BCUT2D eigenvalue weighted by atomic mass is 9.99. The van der Waals surface area contributed by atoms with Crippen molar-refractivity contribution in [3.8, 4) is 0 Å². The fraction of sp³-hybridized carbons (Fsp3) is 0.684. The normalized spacial score (nSPS) is 15.0. The Morgan fingerprint density at radius 3 is 1.95 bits per heavy atom. The first-order chi connectivity index (χ1) is 9.81. The van der Waals surface area contributed by atoms with Crippen LogP contribution in [-0.4, -0.2) is 31.6 Å². The molecule has 0 saturated carbocycles. The molecule has 0 aliphatic carbocycles. The number of nitrogens with one attached hydrogen (secondary N) is 1. The molecule has 0 aliphatic heterocycles. The van der Waals surface area contributed by atoms with Gasteiger partial charge in [0.2, 0.25) is 0 Å². The molecule has 0 saturated heterocycles. The van der Waals surface area contributed by atoms with Crippen LogP contribution in [0.15, 0.2) is 24.3 Å². The summed E-state index contributed by atoms with van der Waals surface area (Å²) in [6, 6.07) is 10.1. The highest BCUT2D eigenvalue weighted by molar-refractivity contribution is 5.25. The van der Waals surface area contributed by atoms with Crippen molar-refractivity contribution < 1.29 is 0 Å². The van der Waals surface area contributed by atoms with Crippen LogP contribution in [0.5, 0.6) is 0 Å². The molecule has 1 aromatic carbocycles. The maximum atomic E-state index is 3.68. The van der Waals surface area contributed by atoms with E-state index < -0.39 is 0 Å². The van der Waals surface area contributed by atoms with Crippen LogP contribution in [0.1, 0.15) is 51.8 Å². The van der Waals surface area contributed by atoms with E-state index in [4.69, 9.17) is 0 Å². The van der Waals surface area contributed by atoms with E-state index in [2.05, 4.69) is 83.2 Å². The van der Waals surface area contributed by atoms with Crippen molar-refractivity contribution >= 4 is 0 Å². The molecule has 1 N–H and O–H groups in total. The molecule has 1 aromatic rings. The Labute approximate surface area is 131 Å². The number of nitrogens with zero attached hydrogens (tertiary/aromatic N) is 1. The fourth-order valence-corrected chi connectivity index (χ4v) is 2.84. The fourth-order valence-electron chi connectivity index (χ4n) is 2.84. The average molecular weight is 290 g/mol. The summed E-state index contributed by atoms with van der Waals surface area (Å²) in [5.41, 5.74) is 2.82. The molecular weight excluding hydrogens is 256 g/mol. The van der Waals surface area contributed by atoms with Gasteiger partial charge in [-0.05, 0) is 50.4 Å². The van der Waals surface area contributed by atoms with Crippen molar-refractivity contribution in [2.75, 3.05) is 20.6 Å². The Bertz CT molecular complexity index is 385. The van der Waals surface area contributed by atoms with Crippen LogP contribution < -0.4 is 5.32 Å². The first-order valence-corrected chi connectivity index (χ1v) is 8.30. The van der Waals surface area contributed by atoms with E-state index in [1.54, 1.807) is 0 Å². The Morgan fingerprint density at radius 2 is 1.52 bits per heavy atom. The number of benzene rings is 1. The van der Waals surface area contributed by atoms with Gasteiger partial charge in [0.1, 0.15) is 0 Å². The Kier molecular flexibility index (Phi) is 7.41. The van der Waals surface area contributed by atoms with Gasteiger partial charge in [0.15, 0.2) is 0 Å². The van der Waals surface area contributed by atoms with Crippen molar-refractivity contribution in [1.82, 2.24) is 10.2 Å². The first-order valence-electron chi connectivity index (χ1n) is 8.30. The maximum absolute atomic E-state index is 3.68. The van der Waals surface area contributed by atoms with Gasteiger partial charge in [0, 0.05) is 18.6 Å². The Morgan fingerprint density at radius 1 is 0.952 bits per heavy atom. The molecule has 2 unspecified atom stereocenters. The summed E-state index contributed by atoms with van der Waals surface area (Å²) in [5, 5.41) is 3.68. The standard InChI is InChI=1S/C19H34N2/c1-14(2)12-17-8-10-18(11-9-17)16(5)20-13-19(15(3)4)21(6)7/h8-11,14-16,19-20H,12-13H2,1-7H3. The summed E-state index contributed by atoms with van der Waals surface area (Å²) in [5.74, 6) is 1.38. The van der Waals surface area contributed by atoms with E-state index in [9.17, 15) is 0 Å². The maximum Gasteiger partial charge on any atom is 0.0292 e. The monoisotopic (exact) mass is 290 g/mol. The lowest BCUT2D eigenvalue weighted by Gasteiger charge is -2.29. The molecule has 0 heterocycles. The predicted octanol–water partition coefficient (Wildman–Crippen LogP) is 4.12. The van der Waals surface area contributed by atoms with Gasteiger partial charge in [-0.1, -0.05) is 52.0 Å². The third kappa shape index (κ3) is 6.19. The van der Waals surface area contributed by atoms with Gasteiger partial charge >= 0.3 is 0 Å². The molecule has 2 atom stereocenters. The van der Waals surface area contributed by atoms with Crippen LogP contribution in [0, 0.1) is 11.8 Å². The van der Waals surface area contributed by atoms with E-state index in [0.717, 1.165) is 18.9 Å². The molecule has 0 spiro atoms. The van der Waals surface area contributed by atoms with Crippen molar-refractivity contribution in [3.63, 3.8) is 0 Å². The third-order valence-electron chi connectivity index (χ3n) is 4.19. The van der Waals surface area contributed by atoms with Gasteiger partial charge < -0.3 is 10.2 Å². The Balaban J connectivity index is 2.57. The SMILES string of the molecule is CC(C)Cc1ccc(C(C)NCC(C(C)C)N(C)C)cc1. The van der Waals surface area contributed by atoms with Crippen molar-refractivity contribution in [2.24, 2.45) is 11.8 Å². The second kappa shape index (κ2) is 8.55. The number of rotatable bonds is 8. The summed E-state index contributed by atoms with van der Waals surface area (Å²) in [6.07, 6.45) is 1.16. The highest BCUT2D eigenvalue weighted by atomic mass is 15.1. The second-order valence-electron chi connectivity index (χ2n) is 7.24. The third-order valence-corrected chi connectivity index (χ3v) is 4.19. The molecule has 0 fully saturated rings. The number of hydrogen-bond acceptors (Lipinski definition) is 2. The molecule has 0 aromatic heterocycles. The van der Waals surface area contributed by atoms with Crippen LogP contribution in [0.3, 0.4) is 0 Å². The summed E-state index contributed by atoms with van der Waals surface area (Å²) in [7, 11) is 4.33. The van der Waals surface area contributed by atoms with Crippen molar-refractivity contribution in [3.05, 3.63) is 35.4 Å². The van der Waals surface area contributed by atoms with Crippen LogP contribution in [-0.2, 0) is 6.42 Å². The highest BCUT2D eigenvalue weighted by Gasteiger charge is 2.16. The van der Waals surface area contributed by atoms with Crippen LogP contribution in [0.2, 0.25) is 0 Å². The van der Waals surface area contributed by atoms with E-state index in [0.29, 0.717) is 18.0 Å². The largest absolute Gasteiger partial charge is 0.309 e. The molecule has 2 nitrogen and oxygen atoms in total. The average Bonchev–Trinajstić information content (AvgIpc) is 2.38. The molecule has 2 heteroatoms. The number of likely N-dealkylation sites (N-methyl/N-ethyl adjacent to an activating group) is 1. The summed E-state index contributed by atoms with van der Waals surface area (Å²) >= 11 is 0. The minimum absolute atomic E-state index is 0.402. The van der Waals surface area contributed by atoms with Crippen molar-refractivity contribution in [2.45, 2.75) is 53.1 Å². The van der Waals surface area contributed by atoms with Gasteiger partial charge in [-0.2, -0.15) is 0 Å². The second-order valence-corrected chi connectivity index (χ2v) is 7.24. The van der Waals surface area contributed by atoms with Crippen LogP contribution in [0.25, 0.3) is 0 Å². The highest BCUT2D eigenvalue weighted by Crippen LogP contribution is 2.16. The molecule has 21 heavy (non-hydrogen) atoms. The predicted molar refractivity (Wildman–Crippen MR) is 93.7 cm³/mol. The van der Waals surface area contributed by atoms with Crippen LogP contribution in [0.4, 0.5) is 0 Å². The van der Waals surface area contributed by atoms with E-state index in [1.807, 2.05) is 0 Å². The zero-order chi connectivity index (χ0) is 16.0. The molecule has 0 bridgehead atoms. The lowest BCUT2D eigenvalue weighted by Crippen LogP contribution is -2.42. The molecular formula is C19H34N2. The molecule has 120 valence electrons. The summed E-state index contributed by atoms with van der Waals surface area (Å²) in [6.45, 7) is 12.4. The molecule has 0 aliphatic rings.